The highest BCUT2D eigenvalue weighted by Crippen LogP contribution is 2.26. The van der Waals surface area contributed by atoms with E-state index in [9.17, 15) is 14.7 Å². The molecule has 0 bridgehead atoms. The van der Waals surface area contributed by atoms with Gasteiger partial charge in [0.2, 0.25) is 0 Å². The summed E-state index contributed by atoms with van der Waals surface area (Å²) in [5.74, 6) is -0.0370. The van der Waals surface area contributed by atoms with Gasteiger partial charge in [0.15, 0.2) is 5.82 Å². The fourth-order valence-corrected chi connectivity index (χ4v) is 4.11. The van der Waals surface area contributed by atoms with E-state index in [-0.39, 0.29) is 17.7 Å². The lowest BCUT2D eigenvalue weighted by atomic mass is 10.1. The third-order valence-electron chi connectivity index (χ3n) is 6.18. The van der Waals surface area contributed by atoms with Crippen LogP contribution < -0.4 is 15.2 Å². The van der Waals surface area contributed by atoms with Crippen LogP contribution in [0.15, 0.2) is 107 Å². The lowest BCUT2D eigenvalue weighted by molar-refractivity contribution is 0.0696. The molecule has 5 aromatic rings. The first-order chi connectivity index (χ1) is 18.9. The van der Waals surface area contributed by atoms with Gasteiger partial charge in [0.25, 0.3) is 5.56 Å². The van der Waals surface area contributed by atoms with Crippen molar-refractivity contribution in [2.75, 3.05) is 19.0 Å². The Hall–Kier alpha value is -5.24. The topological polar surface area (TPSA) is 97.0 Å². The molecule has 0 atom stereocenters. The standard InChI is InChI=1S/C31H26N4O4/c1-34(2)25-16-15-24(28(18-25)39-20-21-9-8-12-23(17-21)31(37)38)19-32-35-29(22-10-4-3-5-11-22)33-27-14-7-6-13-26(27)30(35)36/h3-19H,20H2,1-2H3,(H,37,38). The Morgan fingerprint density at radius 3 is 2.51 bits per heavy atom. The summed E-state index contributed by atoms with van der Waals surface area (Å²) in [6.45, 7) is 0.158. The normalized spacial score (nSPS) is 11.1. The Morgan fingerprint density at radius 1 is 0.974 bits per heavy atom. The minimum atomic E-state index is -0.997. The number of aromatic nitrogens is 2. The zero-order valence-corrected chi connectivity index (χ0v) is 21.5. The van der Waals surface area contributed by atoms with Gasteiger partial charge < -0.3 is 14.7 Å². The number of nitrogens with zero attached hydrogens (tertiary/aromatic N) is 4. The van der Waals surface area contributed by atoms with Crippen LogP contribution in [0.3, 0.4) is 0 Å². The molecule has 8 nitrogen and oxygen atoms in total. The second kappa shape index (κ2) is 11.0. The molecule has 0 fully saturated rings. The fraction of sp³-hybridized carbons (Fsp3) is 0.0968. The van der Waals surface area contributed by atoms with Gasteiger partial charge in [-0.05, 0) is 42.0 Å². The van der Waals surface area contributed by atoms with E-state index in [1.165, 1.54) is 10.7 Å². The van der Waals surface area contributed by atoms with E-state index in [4.69, 9.17) is 9.72 Å². The number of carboxylic acid groups (broad SMARTS) is 1. The summed E-state index contributed by atoms with van der Waals surface area (Å²) in [6.07, 6.45) is 1.58. The molecule has 8 heteroatoms. The van der Waals surface area contributed by atoms with Crippen LogP contribution in [-0.2, 0) is 6.61 Å². The van der Waals surface area contributed by atoms with E-state index in [0.29, 0.717) is 33.6 Å². The number of hydrogen-bond donors (Lipinski definition) is 1. The van der Waals surface area contributed by atoms with Crippen molar-refractivity contribution in [3.8, 4) is 17.1 Å². The maximum Gasteiger partial charge on any atom is 0.335 e. The zero-order valence-electron chi connectivity index (χ0n) is 21.5. The molecule has 0 amide bonds. The number of fused-ring (bicyclic) bond motifs is 1. The summed E-state index contributed by atoms with van der Waals surface area (Å²) in [6, 6.07) is 28.9. The van der Waals surface area contributed by atoms with Crippen molar-refractivity contribution in [1.82, 2.24) is 9.66 Å². The molecule has 0 aliphatic rings. The van der Waals surface area contributed by atoms with E-state index < -0.39 is 5.97 Å². The molecule has 0 saturated heterocycles. The zero-order chi connectivity index (χ0) is 27.4. The number of benzene rings is 4. The van der Waals surface area contributed by atoms with Gasteiger partial charge in [0.05, 0.1) is 22.7 Å². The van der Waals surface area contributed by atoms with Crippen LogP contribution in [0, 0.1) is 0 Å². The minimum Gasteiger partial charge on any atom is -0.488 e. The number of anilines is 1. The van der Waals surface area contributed by atoms with Gasteiger partial charge in [-0.25, -0.2) is 9.78 Å². The van der Waals surface area contributed by atoms with E-state index in [2.05, 4.69) is 5.10 Å². The highest BCUT2D eigenvalue weighted by molar-refractivity contribution is 5.88. The molecule has 1 N–H and O–H groups in total. The number of carboxylic acids is 1. The number of aromatic carboxylic acids is 1. The van der Waals surface area contributed by atoms with Crippen molar-refractivity contribution in [3.05, 3.63) is 124 Å². The van der Waals surface area contributed by atoms with Crippen LogP contribution in [0.4, 0.5) is 5.69 Å². The molecule has 5 rings (SSSR count). The van der Waals surface area contributed by atoms with E-state index in [0.717, 1.165) is 11.3 Å². The van der Waals surface area contributed by atoms with E-state index in [1.54, 1.807) is 30.5 Å². The summed E-state index contributed by atoms with van der Waals surface area (Å²) in [5, 5.41) is 14.4. The number of ether oxygens (including phenoxy) is 1. The molecule has 194 valence electrons. The van der Waals surface area contributed by atoms with Crippen LogP contribution >= 0.6 is 0 Å². The monoisotopic (exact) mass is 518 g/mol. The fourth-order valence-electron chi connectivity index (χ4n) is 4.11. The third-order valence-corrected chi connectivity index (χ3v) is 6.18. The number of hydrogen-bond acceptors (Lipinski definition) is 6. The predicted molar refractivity (Wildman–Crippen MR) is 153 cm³/mol. The number of carbonyl (C=O) groups is 1. The van der Waals surface area contributed by atoms with Crippen LogP contribution in [0.25, 0.3) is 22.3 Å². The second-order valence-corrected chi connectivity index (χ2v) is 9.09. The average molecular weight is 519 g/mol. The van der Waals surface area contributed by atoms with Crippen LogP contribution in [-0.4, -0.2) is 41.0 Å². The van der Waals surface area contributed by atoms with Crippen LogP contribution in [0.1, 0.15) is 21.5 Å². The first-order valence-electron chi connectivity index (χ1n) is 12.3. The van der Waals surface area contributed by atoms with Crippen molar-refractivity contribution < 1.29 is 14.6 Å². The first kappa shape index (κ1) is 25.4. The molecule has 0 aliphatic heterocycles. The molecule has 4 aromatic carbocycles. The smallest absolute Gasteiger partial charge is 0.335 e. The Labute approximate surface area is 225 Å². The molecule has 1 heterocycles. The highest BCUT2D eigenvalue weighted by Gasteiger charge is 2.13. The summed E-state index contributed by atoms with van der Waals surface area (Å²) in [4.78, 5) is 31.5. The minimum absolute atomic E-state index is 0.158. The van der Waals surface area contributed by atoms with Crippen molar-refractivity contribution in [3.63, 3.8) is 0 Å². The van der Waals surface area contributed by atoms with Gasteiger partial charge in [0.1, 0.15) is 12.4 Å². The van der Waals surface area contributed by atoms with E-state index in [1.807, 2.05) is 85.7 Å². The third kappa shape index (κ3) is 5.55. The summed E-state index contributed by atoms with van der Waals surface area (Å²) < 4.78 is 7.44. The first-order valence-corrected chi connectivity index (χ1v) is 12.3. The van der Waals surface area contributed by atoms with Gasteiger partial charge in [-0.1, -0.05) is 54.6 Å². The van der Waals surface area contributed by atoms with Crippen LogP contribution in [0.2, 0.25) is 0 Å². The number of rotatable bonds is 8. The quantitative estimate of drug-likeness (QED) is 0.281. The largest absolute Gasteiger partial charge is 0.488 e. The number of para-hydroxylation sites is 1. The maximum atomic E-state index is 13.5. The molecule has 0 saturated carbocycles. The van der Waals surface area contributed by atoms with Gasteiger partial charge in [-0.3, -0.25) is 4.79 Å². The highest BCUT2D eigenvalue weighted by atomic mass is 16.5. The summed E-state index contributed by atoms with van der Waals surface area (Å²) >= 11 is 0. The van der Waals surface area contributed by atoms with Crippen molar-refractivity contribution >= 4 is 28.8 Å². The predicted octanol–water partition coefficient (Wildman–Crippen LogP) is 5.29. The summed E-state index contributed by atoms with van der Waals surface area (Å²) in [7, 11) is 3.85. The Morgan fingerprint density at radius 2 is 1.74 bits per heavy atom. The molecular formula is C31H26N4O4. The van der Waals surface area contributed by atoms with Gasteiger partial charge in [-0.2, -0.15) is 9.78 Å². The maximum absolute atomic E-state index is 13.5. The second-order valence-electron chi connectivity index (χ2n) is 9.09. The van der Waals surface area contributed by atoms with Crippen molar-refractivity contribution in [2.24, 2.45) is 5.10 Å². The van der Waals surface area contributed by atoms with Gasteiger partial charge in [0, 0.05) is 37.0 Å². The lowest BCUT2D eigenvalue weighted by Gasteiger charge is -2.16. The molecule has 39 heavy (non-hydrogen) atoms. The lowest BCUT2D eigenvalue weighted by Crippen LogP contribution is -2.20. The molecule has 0 aliphatic carbocycles. The molecule has 0 radical (unpaired) electrons. The van der Waals surface area contributed by atoms with Crippen molar-refractivity contribution in [1.29, 1.82) is 0 Å². The Kier molecular flexibility index (Phi) is 7.18. The Bertz CT molecular complexity index is 1740. The van der Waals surface area contributed by atoms with Crippen molar-refractivity contribution in [2.45, 2.75) is 6.61 Å². The van der Waals surface area contributed by atoms with Crippen LogP contribution in [0.5, 0.6) is 5.75 Å². The SMILES string of the molecule is CN(C)c1ccc(C=Nn2c(-c3ccccc3)nc3ccccc3c2=O)c(OCc2cccc(C(=O)O)c2)c1. The van der Waals surface area contributed by atoms with E-state index >= 15 is 0 Å². The molecule has 0 spiro atoms. The molecule has 0 unspecified atom stereocenters. The molecular weight excluding hydrogens is 492 g/mol. The molecule has 1 aromatic heterocycles. The average Bonchev–Trinajstić information content (AvgIpc) is 2.96. The Balaban J connectivity index is 1.56. The summed E-state index contributed by atoms with van der Waals surface area (Å²) in [5.41, 5.74) is 3.54. The van der Waals surface area contributed by atoms with Gasteiger partial charge >= 0.3 is 5.97 Å². The van der Waals surface area contributed by atoms with Gasteiger partial charge in [-0.15, -0.1) is 0 Å².